The second kappa shape index (κ2) is 5.09. The Kier molecular flexibility index (Phi) is 3.13. The van der Waals surface area contributed by atoms with Gasteiger partial charge >= 0.3 is 5.69 Å². The summed E-state index contributed by atoms with van der Waals surface area (Å²) in [6, 6.07) is 13.6. The number of aryl methyl sites for hydroxylation is 2. The molecule has 0 N–H and O–H groups in total. The minimum Gasteiger partial charge on any atom is -0.305 e. The Morgan fingerprint density at radius 2 is 1.75 bits per heavy atom. The minimum atomic E-state index is -0.0884. The van der Waals surface area contributed by atoms with Crippen molar-refractivity contribution in [2.45, 2.75) is 19.4 Å². The van der Waals surface area contributed by atoms with Gasteiger partial charge in [-0.25, -0.2) is 4.79 Å². The highest BCUT2D eigenvalue weighted by molar-refractivity contribution is 6.09. The van der Waals surface area contributed by atoms with Gasteiger partial charge in [-0.15, -0.1) is 0 Å². The number of carbonyl (C=O) groups excluding carboxylic acids is 1. The molecule has 1 aliphatic heterocycles. The van der Waals surface area contributed by atoms with E-state index in [2.05, 4.69) is 13.0 Å². The van der Waals surface area contributed by atoms with E-state index in [1.807, 2.05) is 35.2 Å². The van der Waals surface area contributed by atoms with Crippen LogP contribution in [0.15, 0.2) is 47.3 Å². The van der Waals surface area contributed by atoms with Crippen molar-refractivity contribution >= 4 is 22.6 Å². The number of nitrogens with zero attached hydrogens (tertiary/aromatic N) is 3. The van der Waals surface area contributed by atoms with Crippen LogP contribution in [0.5, 0.6) is 0 Å². The number of rotatable bonds is 1. The van der Waals surface area contributed by atoms with Gasteiger partial charge in [0, 0.05) is 31.4 Å². The zero-order chi connectivity index (χ0) is 17.0. The van der Waals surface area contributed by atoms with E-state index in [-0.39, 0.29) is 17.6 Å². The van der Waals surface area contributed by atoms with Gasteiger partial charge in [0.05, 0.1) is 11.0 Å². The summed E-state index contributed by atoms with van der Waals surface area (Å²) in [5.74, 6) is -0.0225. The van der Waals surface area contributed by atoms with Crippen molar-refractivity contribution in [3.8, 4) is 0 Å². The molecule has 2 aromatic carbocycles. The third-order valence-electron chi connectivity index (χ3n) is 4.94. The molecule has 0 saturated heterocycles. The largest absolute Gasteiger partial charge is 0.328 e. The molecule has 24 heavy (non-hydrogen) atoms. The third kappa shape index (κ3) is 1.94. The summed E-state index contributed by atoms with van der Waals surface area (Å²) in [6.45, 7) is 2.06. The molecule has 1 aromatic heterocycles. The molecule has 3 aromatic rings. The molecule has 4 rings (SSSR count). The zero-order valence-electron chi connectivity index (χ0n) is 14.0. The molecule has 1 amide bonds. The van der Waals surface area contributed by atoms with Gasteiger partial charge in [-0.2, -0.15) is 0 Å². The number of imidazole rings is 1. The molecular formula is C19H19N3O2. The number of carbonyl (C=O) groups is 1. The van der Waals surface area contributed by atoms with Gasteiger partial charge in [0.15, 0.2) is 0 Å². The normalized spacial score (nSPS) is 16.6. The summed E-state index contributed by atoms with van der Waals surface area (Å²) in [5, 5.41) is 0. The highest BCUT2D eigenvalue weighted by atomic mass is 16.2. The van der Waals surface area contributed by atoms with Crippen LogP contribution in [0, 0.1) is 0 Å². The number of aromatic nitrogens is 2. The second-order valence-corrected chi connectivity index (χ2v) is 6.46. The van der Waals surface area contributed by atoms with Crippen LogP contribution < -0.4 is 10.6 Å². The van der Waals surface area contributed by atoms with Gasteiger partial charge in [-0.05, 0) is 43.2 Å². The number of anilines is 1. The molecule has 0 radical (unpaired) electrons. The Bertz CT molecular complexity index is 1030. The van der Waals surface area contributed by atoms with Crippen molar-refractivity contribution in [2.24, 2.45) is 14.1 Å². The number of benzene rings is 2. The molecule has 122 valence electrons. The average molecular weight is 321 g/mol. The fourth-order valence-corrected chi connectivity index (χ4v) is 3.65. The van der Waals surface area contributed by atoms with Crippen LogP contribution >= 0.6 is 0 Å². The minimum absolute atomic E-state index is 0.0225. The highest BCUT2D eigenvalue weighted by Crippen LogP contribution is 2.33. The summed E-state index contributed by atoms with van der Waals surface area (Å²) >= 11 is 0. The predicted octanol–water partition coefficient (Wildman–Crippen LogP) is 2.47. The Hall–Kier alpha value is -2.82. The van der Waals surface area contributed by atoms with Crippen molar-refractivity contribution in [3.05, 3.63) is 64.1 Å². The van der Waals surface area contributed by atoms with Crippen molar-refractivity contribution < 1.29 is 4.79 Å². The lowest BCUT2D eigenvalue weighted by Gasteiger charge is -2.23. The lowest BCUT2D eigenvalue weighted by molar-refractivity contribution is 0.0981. The van der Waals surface area contributed by atoms with Crippen molar-refractivity contribution in [3.63, 3.8) is 0 Å². The topological polar surface area (TPSA) is 47.2 Å². The van der Waals surface area contributed by atoms with E-state index >= 15 is 0 Å². The number of fused-ring (bicyclic) bond motifs is 2. The standard InChI is InChI=1S/C19H19N3O2/c1-12-10-13-6-4-5-7-15(13)22(12)18(23)14-8-9-16-17(11-14)21(3)19(24)20(16)2/h4-9,11-12H,10H2,1-3H3. The van der Waals surface area contributed by atoms with Gasteiger partial charge in [-0.3, -0.25) is 13.9 Å². The fourth-order valence-electron chi connectivity index (χ4n) is 3.65. The smallest absolute Gasteiger partial charge is 0.305 e. The number of para-hydroxylation sites is 1. The predicted molar refractivity (Wildman–Crippen MR) is 94.6 cm³/mol. The second-order valence-electron chi connectivity index (χ2n) is 6.46. The van der Waals surface area contributed by atoms with Gasteiger partial charge in [0.2, 0.25) is 0 Å². The lowest BCUT2D eigenvalue weighted by Crippen LogP contribution is -2.35. The maximum absolute atomic E-state index is 13.1. The van der Waals surface area contributed by atoms with Crippen LogP contribution in [0.4, 0.5) is 5.69 Å². The lowest BCUT2D eigenvalue weighted by atomic mass is 10.1. The molecule has 5 nitrogen and oxygen atoms in total. The van der Waals surface area contributed by atoms with Crippen LogP contribution in [0.25, 0.3) is 11.0 Å². The average Bonchev–Trinajstić information content (AvgIpc) is 3.03. The Morgan fingerprint density at radius 1 is 1.04 bits per heavy atom. The monoisotopic (exact) mass is 321 g/mol. The van der Waals surface area contributed by atoms with Crippen molar-refractivity contribution in [1.29, 1.82) is 0 Å². The maximum atomic E-state index is 13.1. The first kappa shape index (κ1) is 14.8. The molecular weight excluding hydrogens is 302 g/mol. The van der Waals surface area contributed by atoms with Crippen LogP contribution in [0.2, 0.25) is 0 Å². The number of hydrogen-bond donors (Lipinski definition) is 0. The van der Waals surface area contributed by atoms with Crippen LogP contribution in [0.3, 0.4) is 0 Å². The first-order valence-corrected chi connectivity index (χ1v) is 8.06. The highest BCUT2D eigenvalue weighted by Gasteiger charge is 2.31. The van der Waals surface area contributed by atoms with Gasteiger partial charge < -0.3 is 4.90 Å². The first-order chi connectivity index (χ1) is 11.5. The van der Waals surface area contributed by atoms with Crippen LogP contribution in [0.1, 0.15) is 22.8 Å². The quantitative estimate of drug-likeness (QED) is 0.691. The summed E-state index contributed by atoms with van der Waals surface area (Å²) in [6.07, 6.45) is 0.869. The number of amides is 1. The van der Waals surface area contributed by atoms with Gasteiger partial charge in [0.25, 0.3) is 5.91 Å². The summed E-state index contributed by atoms with van der Waals surface area (Å²) in [4.78, 5) is 27.0. The molecule has 0 bridgehead atoms. The molecule has 2 heterocycles. The molecule has 1 atom stereocenters. The number of hydrogen-bond acceptors (Lipinski definition) is 2. The Labute approximate surface area is 139 Å². The maximum Gasteiger partial charge on any atom is 0.328 e. The summed E-state index contributed by atoms with van der Waals surface area (Å²) < 4.78 is 3.17. The zero-order valence-corrected chi connectivity index (χ0v) is 14.0. The van der Waals surface area contributed by atoms with E-state index in [9.17, 15) is 9.59 Å². The molecule has 0 saturated carbocycles. The van der Waals surface area contributed by atoms with Crippen LogP contribution in [-0.4, -0.2) is 21.1 Å². The summed E-state index contributed by atoms with van der Waals surface area (Å²) in [7, 11) is 3.47. The van der Waals surface area contributed by atoms with E-state index in [4.69, 9.17) is 0 Å². The molecule has 5 heteroatoms. The van der Waals surface area contributed by atoms with Crippen molar-refractivity contribution in [2.75, 3.05) is 4.90 Å². The SMILES string of the molecule is CC1Cc2ccccc2N1C(=O)c1ccc2c(c1)n(C)c(=O)n2C. The third-order valence-corrected chi connectivity index (χ3v) is 4.94. The molecule has 1 unspecified atom stereocenters. The van der Waals surface area contributed by atoms with E-state index in [0.29, 0.717) is 5.56 Å². The summed E-state index contributed by atoms with van der Waals surface area (Å²) in [5.41, 5.74) is 4.30. The Morgan fingerprint density at radius 3 is 2.54 bits per heavy atom. The Balaban J connectivity index is 1.82. The van der Waals surface area contributed by atoms with E-state index in [1.165, 1.54) is 5.56 Å². The van der Waals surface area contributed by atoms with Gasteiger partial charge in [-0.1, -0.05) is 18.2 Å². The molecule has 0 aliphatic carbocycles. The first-order valence-electron chi connectivity index (χ1n) is 8.06. The van der Waals surface area contributed by atoms with E-state index < -0.39 is 0 Å². The van der Waals surface area contributed by atoms with Crippen LogP contribution in [-0.2, 0) is 20.5 Å². The van der Waals surface area contributed by atoms with Crippen molar-refractivity contribution in [1.82, 2.24) is 9.13 Å². The molecule has 0 fully saturated rings. The molecule has 1 aliphatic rings. The molecule has 0 spiro atoms. The van der Waals surface area contributed by atoms with Gasteiger partial charge in [0.1, 0.15) is 0 Å². The van der Waals surface area contributed by atoms with E-state index in [1.54, 1.807) is 29.3 Å². The van der Waals surface area contributed by atoms with E-state index in [0.717, 1.165) is 23.1 Å². The fraction of sp³-hybridized carbons (Fsp3) is 0.263.